The molecule has 0 bridgehead atoms. The highest BCUT2D eigenvalue weighted by Gasteiger charge is 1.97. The molecule has 0 aliphatic rings. The molecule has 1 heterocycles. The fourth-order valence-corrected chi connectivity index (χ4v) is 0.984. The number of rotatable bonds is 2. The summed E-state index contributed by atoms with van der Waals surface area (Å²) in [6.45, 7) is 0. The van der Waals surface area contributed by atoms with Gasteiger partial charge in [-0.05, 0) is 6.07 Å². The van der Waals surface area contributed by atoms with Crippen LogP contribution in [0, 0.1) is 0 Å². The van der Waals surface area contributed by atoms with Gasteiger partial charge in [0.05, 0.1) is 13.3 Å². The van der Waals surface area contributed by atoms with Gasteiger partial charge in [-0.3, -0.25) is 4.98 Å². The lowest BCUT2D eigenvalue weighted by Gasteiger charge is -2.02. The van der Waals surface area contributed by atoms with Crippen molar-refractivity contribution in [3.8, 4) is 5.75 Å². The van der Waals surface area contributed by atoms with Crippen LogP contribution in [0.1, 0.15) is 5.56 Å². The fourth-order valence-electron chi connectivity index (χ4n) is 0.723. The van der Waals surface area contributed by atoms with Crippen LogP contribution in [0.15, 0.2) is 18.5 Å². The molecule has 3 heteroatoms. The zero-order valence-corrected chi connectivity index (χ0v) is 6.64. The summed E-state index contributed by atoms with van der Waals surface area (Å²) in [5.41, 5.74) is 1.07. The van der Waals surface area contributed by atoms with Crippen LogP contribution >= 0.6 is 12.6 Å². The monoisotopic (exact) mass is 155 g/mol. The van der Waals surface area contributed by atoms with E-state index in [0.29, 0.717) is 5.75 Å². The van der Waals surface area contributed by atoms with Gasteiger partial charge in [-0.15, -0.1) is 0 Å². The topological polar surface area (TPSA) is 22.1 Å². The zero-order valence-electron chi connectivity index (χ0n) is 5.74. The van der Waals surface area contributed by atoms with E-state index in [0.717, 1.165) is 11.3 Å². The first kappa shape index (κ1) is 7.41. The summed E-state index contributed by atoms with van der Waals surface area (Å²) in [5, 5.41) is 0. The van der Waals surface area contributed by atoms with Crippen molar-refractivity contribution in [2.24, 2.45) is 0 Å². The van der Waals surface area contributed by atoms with E-state index < -0.39 is 0 Å². The molecule has 0 saturated heterocycles. The lowest BCUT2D eigenvalue weighted by molar-refractivity contribution is 0.409. The molecule has 1 aromatic rings. The van der Waals surface area contributed by atoms with E-state index in [1.807, 2.05) is 6.07 Å². The second-order valence-corrected chi connectivity index (χ2v) is 2.16. The number of ether oxygens (including phenoxy) is 1. The SMILES string of the molecule is COc1cnccc1CS. The number of hydrogen-bond donors (Lipinski definition) is 1. The number of pyridine rings is 1. The summed E-state index contributed by atoms with van der Waals surface area (Å²) in [6, 6.07) is 1.89. The van der Waals surface area contributed by atoms with Gasteiger partial charge in [0, 0.05) is 17.5 Å². The summed E-state index contributed by atoms with van der Waals surface area (Å²) in [6.07, 6.45) is 3.42. The number of nitrogens with zero attached hydrogens (tertiary/aromatic N) is 1. The van der Waals surface area contributed by atoms with Crippen molar-refractivity contribution in [1.82, 2.24) is 4.98 Å². The maximum absolute atomic E-state index is 5.02. The summed E-state index contributed by atoms with van der Waals surface area (Å²) < 4.78 is 5.02. The summed E-state index contributed by atoms with van der Waals surface area (Å²) in [7, 11) is 1.63. The number of methoxy groups -OCH3 is 1. The first-order valence-corrected chi connectivity index (χ1v) is 3.59. The molecule has 0 amide bonds. The van der Waals surface area contributed by atoms with E-state index in [4.69, 9.17) is 4.74 Å². The molecule has 1 aromatic heterocycles. The second kappa shape index (κ2) is 3.46. The Hall–Kier alpha value is -0.700. The van der Waals surface area contributed by atoms with Gasteiger partial charge in [-0.1, -0.05) is 0 Å². The predicted molar refractivity (Wildman–Crippen MR) is 43.5 cm³/mol. The highest BCUT2D eigenvalue weighted by Crippen LogP contribution is 2.16. The molecular weight excluding hydrogens is 146 g/mol. The molecule has 1 rings (SSSR count). The Bertz CT molecular complexity index is 192. The lowest BCUT2D eigenvalue weighted by atomic mass is 10.3. The molecule has 0 atom stereocenters. The Kier molecular flexibility index (Phi) is 2.57. The highest BCUT2D eigenvalue weighted by molar-refractivity contribution is 7.79. The van der Waals surface area contributed by atoms with E-state index in [2.05, 4.69) is 17.6 Å². The summed E-state index contributed by atoms with van der Waals surface area (Å²) in [4.78, 5) is 3.91. The normalized spacial score (nSPS) is 9.40. The van der Waals surface area contributed by atoms with Crippen LogP contribution < -0.4 is 4.74 Å². The number of thiol groups is 1. The molecule has 0 unspecified atom stereocenters. The molecule has 0 fully saturated rings. The van der Waals surface area contributed by atoms with Gasteiger partial charge < -0.3 is 4.74 Å². The largest absolute Gasteiger partial charge is 0.495 e. The molecule has 10 heavy (non-hydrogen) atoms. The second-order valence-electron chi connectivity index (χ2n) is 1.85. The van der Waals surface area contributed by atoms with Crippen molar-refractivity contribution in [3.63, 3.8) is 0 Å². The van der Waals surface area contributed by atoms with E-state index in [-0.39, 0.29) is 0 Å². The molecule has 0 radical (unpaired) electrons. The molecule has 0 saturated carbocycles. The third-order valence-electron chi connectivity index (χ3n) is 1.26. The van der Waals surface area contributed by atoms with Crippen LogP contribution in [0.4, 0.5) is 0 Å². The maximum Gasteiger partial charge on any atom is 0.141 e. The van der Waals surface area contributed by atoms with Gasteiger partial charge in [0.25, 0.3) is 0 Å². The Labute approximate surface area is 65.6 Å². The molecule has 0 N–H and O–H groups in total. The van der Waals surface area contributed by atoms with Crippen LogP contribution in [0.5, 0.6) is 5.75 Å². The average molecular weight is 155 g/mol. The third kappa shape index (κ3) is 1.42. The van der Waals surface area contributed by atoms with Gasteiger partial charge in [0.2, 0.25) is 0 Å². The molecule has 0 aromatic carbocycles. The van der Waals surface area contributed by atoms with Gasteiger partial charge in [-0.25, -0.2) is 0 Å². The highest BCUT2D eigenvalue weighted by atomic mass is 32.1. The quantitative estimate of drug-likeness (QED) is 0.654. The standard InChI is InChI=1S/C7H9NOS/c1-9-7-4-8-3-2-6(7)5-10/h2-4,10H,5H2,1H3. The molecule has 0 aliphatic heterocycles. The average Bonchev–Trinajstić information content (AvgIpc) is 2.04. The molecule has 0 spiro atoms. The molecule has 2 nitrogen and oxygen atoms in total. The Morgan fingerprint density at radius 1 is 1.70 bits per heavy atom. The minimum atomic E-state index is 0.686. The van der Waals surface area contributed by atoms with Crippen molar-refractivity contribution in [2.45, 2.75) is 5.75 Å². The van der Waals surface area contributed by atoms with Crippen LogP contribution in [-0.2, 0) is 5.75 Å². The first-order valence-electron chi connectivity index (χ1n) is 2.96. The molecule has 54 valence electrons. The van der Waals surface area contributed by atoms with Crippen molar-refractivity contribution in [3.05, 3.63) is 24.0 Å². The van der Waals surface area contributed by atoms with Gasteiger partial charge in [0.15, 0.2) is 0 Å². The van der Waals surface area contributed by atoms with Crippen molar-refractivity contribution in [1.29, 1.82) is 0 Å². The third-order valence-corrected chi connectivity index (χ3v) is 1.60. The Morgan fingerprint density at radius 3 is 3.00 bits per heavy atom. The van der Waals surface area contributed by atoms with E-state index >= 15 is 0 Å². The molecular formula is C7H9NOS. The minimum Gasteiger partial charge on any atom is -0.495 e. The van der Waals surface area contributed by atoms with E-state index in [1.165, 1.54) is 0 Å². The predicted octanol–water partition coefficient (Wildman–Crippen LogP) is 1.52. The first-order chi connectivity index (χ1) is 4.88. The zero-order chi connectivity index (χ0) is 7.40. The van der Waals surface area contributed by atoms with Gasteiger partial charge in [0.1, 0.15) is 5.75 Å². The Balaban J connectivity index is 2.96. The van der Waals surface area contributed by atoms with E-state index in [1.54, 1.807) is 19.5 Å². The smallest absolute Gasteiger partial charge is 0.141 e. The Morgan fingerprint density at radius 2 is 2.50 bits per heavy atom. The van der Waals surface area contributed by atoms with Crippen LogP contribution in [-0.4, -0.2) is 12.1 Å². The lowest BCUT2D eigenvalue weighted by Crippen LogP contribution is -1.89. The van der Waals surface area contributed by atoms with Crippen molar-refractivity contribution < 1.29 is 4.74 Å². The number of hydrogen-bond acceptors (Lipinski definition) is 3. The van der Waals surface area contributed by atoms with E-state index in [9.17, 15) is 0 Å². The molecule has 0 aliphatic carbocycles. The number of aromatic nitrogens is 1. The summed E-state index contributed by atoms with van der Waals surface area (Å²) >= 11 is 4.13. The van der Waals surface area contributed by atoms with Crippen molar-refractivity contribution >= 4 is 12.6 Å². The maximum atomic E-state index is 5.02. The van der Waals surface area contributed by atoms with Gasteiger partial charge in [-0.2, -0.15) is 12.6 Å². The minimum absolute atomic E-state index is 0.686. The van der Waals surface area contributed by atoms with Gasteiger partial charge >= 0.3 is 0 Å². The van der Waals surface area contributed by atoms with Crippen molar-refractivity contribution in [2.75, 3.05) is 7.11 Å². The van der Waals surface area contributed by atoms with Crippen LogP contribution in [0.2, 0.25) is 0 Å². The van der Waals surface area contributed by atoms with Crippen LogP contribution in [0.3, 0.4) is 0 Å². The van der Waals surface area contributed by atoms with Crippen LogP contribution in [0.25, 0.3) is 0 Å². The summed E-state index contributed by atoms with van der Waals surface area (Å²) in [5.74, 6) is 1.49. The fraction of sp³-hybridized carbons (Fsp3) is 0.286.